The molecule has 4 heteroatoms. The fourth-order valence-corrected chi connectivity index (χ4v) is 3.53. The highest BCUT2D eigenvalue weighted by molar-refractivity contribution is 5.06. The number of aromatic nitrogens is 2. The van der Waals surface area contributed by atoms with E-state index in [0.717, 1.165) is 30.6 Å². The first-order valence-electron chi connectivity index (χ1n) is 7.76. The summed E-state index contributed by atoms with van der Waals surface area (Å²) in [7, 11) is 0. The molecule has 3 rings (SSSR count). The molecule has 1 saturated carbocycles. The molecule has 1 saturated heterocycles. The predicted molar refractivity (Wildman–Crippen MR) is 73.9 cm³/mol. The summed E-state index contributed by atoms with van der Waals surface area (Å²) in [6, 6.07) is 0. The average Bonchev–Trinajstić information content (AvgIpc) is 2.90. The number of hydrogen-bond donors (Lipinski definition) is 1. The van der Waals surface area contributed by atoms with Crippen LogP contribution in [-0.2, 0) is 5.54 Å². The highest BCUT2D eigenvalue weighted by Gasteiger charge is 2.35. The van der Waals surface area contributed by atoms with Crippen molar-refractivity contribution in [1.29, 1.82) is 0 Å². The van der Waals surface area contributed by atoms with Crippen molar-refractivity contribution in [2.24, 2.45) is 5.92 Å². The maximum atomic E-state index is 5.57. The van der Waals surface area contributed by atoms with Crippen molar-refractivity contribution in [3.8, 4) is 0 Å². The van der Waals surface area contributed by atoms with E-state index < -0.39 is 0 Å². The summed E-state index contributed by atoms with van der Waals surface area (Å²) in [4.78, 5) is 4.72. The van der Waals surface area contributed by atoms with Crippen molar-refractivity contribution in [3.05, 3.63) is 11.7 Å². The molecule has 1 aromatic heterocycles. The monoisotopic (exact) mass is 263 g/mol. The Balaban J connectivity index is 1.75. The van der Waals surface area contributed by atoms with Gasteiger partial charge < -0.3 is 9.84 Å². The van der Waals surface area contributed by atoms with Crippen molar-refractivity contribution in [2.45, 2.75) is 70.3 Å². The first-order valence-corrected chi connectivity index (χ1v) is 7.76. The Kier molecular flexibility index (Phi) is 3.61. The highest BCUT2D eigenvalue weighted by atomic mass is 16.5. The van der Waals surface area contributed by atoms with E-state index in [1.807, 2.05) is 0 Å². The van der Waals surface area contributed by atoms with Crippen molar-refractivity contribution in [3.63, 3.8) is 0 Å². The van der Waals surface area contributed by atoms with Crippen molar-refractivity contribution >= 4 is 0 Å². The van der Waals surface area contributed by atoms with Crippen molar-refractivity contribution in [2.75, 3.05) is 6.54 Å². The van der Waals surface area contributed by atoms with Crippen LogP contribution in [0.15, 0.2) is 4.52 Å². The van der Waals surface area contributed by atoms with Gasteiger partial charge in [-0.2, -0.15) is 4.98 Å². The molecule has 0 spiro atoms. The van der Waals surface area contributed by atoms with Crippen LogP contribution in [0.5, 0.6) is 0 Å². The van der Waals surface area contributed by atoms with Crippen LogP contribution in [0.1, 0.15) is 76.4 Å². The van der Waals surface area contributed by atoms with Crippen molar-refractivity contribution < 1.29 is 4.52 Å². The van der Waals surface area contributed by atoms with E-state index in [4.69, 9.17) is 9.51 Å². The van der Waals surface area contributed by atoms with Crippen LogP contribution < -0.4 is 5.32 Å². The largest absolute Gasteiger partial charge is 0.337 e. The molecule has 0 aromatic carbocycles. The zero-order valence-corrected chi connectivity index (χ0v) is 12.1. The van der Waals surface area contributed by atoms with E-state index in [2.05, 4.69) is 24.3 Å². The van der Waals surface area contributed by atoms with Gasteiger partial charge in [0.15, 0.2) is 5.82 Å². The van der Waals surface area contributed by atoms with Gasteiger partial charge in [-0.15, -0.1) is 0 Å². The summed E-state index contributed by atoms with van der Waals surface area (Å²) >= 11 is 0. The summed E-state index contributed by atoms with van der Waals surface area (Å²) in [6.07, 6.45) is 8.65. The van der Waals surface area contributed by atoms with Crippen molar-refractivity contribution in [1.82, 2.24) is 15.5 Å². The van der Waals surface area contributed by atoms with Gasteiger partial charge in [0.1, 0.15) is 0 Å². The predicted octanol–water partition coefficient (Wildman–Crippen LogP) is 3.35. The first kappa shape index (κ1) is 13.1. The number of piperidine rings is 1. The quantitative estimate of drug-likeness (QED) is 0.889. The minimum Gasteiger partial charge on any atom is -0.337 e. The lowest BCUT2D eigenvalue weighted by Gasteiger charge is -2.31. The molecule has 2 aliphatic rings. The van der Waals surface area contributed by atoms with E-state index in [1.54, 1.807) is 0 Å². The second-order valence-electron chi connectivity index (χ2n) is 6.64. The molecular weight excluding hydrogens is 238 g/mol. The Bertz CT molecular complexity index is 423. The van der Waals surface area contributed by atoms with Gasteiger partial charge in [-0.05, 0) is 51.5 Å². The second-order valence-corrected chi connectivity index (χ2v) is 6.64. The standard InChI is InChI=1S/C15H25N3O/c1-11-6-5-7-12(10-11)13-17-14(19-18-13)15(2)8-3-4-9-16-15/h11-12,16H,3-10H2,1-2H3. The number of nitrogens with zero attached hydrogens (tertiary/aromatic N) is 2. The second kappa shape index (κ2) is 5.23. The van der Waals surface area contributed by atoms with E-state index in [0.29, 0.717) is 5.92 Å². The van der Waals surface area contributed by atoms with E-state index >= 15 is 0 Å². The Labute approximate surface area is 115 Å². The maximum absolute atomic E-state index is 5.57. The van der Waals surface area contributed by atoms with E-state index in [-0.39, 0.29) is 5.54 Å². The van der Waals surface area contributed by atoms with Gasteiger partial charge in [-0.25, -0.2) is 0 Å². The lowest BCUT2D eigenvalue weighted by molar-refractivity contribution is 0.206. The molecule has 1 aliphatic heterocycles. The molecule has 2 fully saturated rings. The molecule has 3 unspecified atom stereocenters. The van der Waals surface area contributed by atoms with Gasteiger partial charge in [0.05, 0.1) is 5.54 Å². The van der Waals surface area contributed by atoms with Gasteiger partial charge >= 0.3 is 0 Å². The van der Waals surface area contributed by atoms with Crippen LogP contribution in [-0.4, -0.2) is 16.7 Å². The third kappa shape index (κ3) is 2.69. The Morgan fingerprint density at radius 1 is 1.26 bits per heavy atom. The van der Waals surface area contributed by atoms with Crippen LogP contribution in [0, 0.1) is 5.92 Å². The molecule has 1 aromatic rings. The number of hydrogen-bond acceptors (Lipinski definition) is 4. The SMILES string of the molecule is CC1CCCC(c2noc(C3(C)CCCCN3)n2)C1. The molecule has 19 heavy (non-hydrogen) atoms. The topological polar surface area (TPSA) is 51.0 Å². The molecule has 0 radical (unpaired) electrons. The van der Waals surface area contributed by atoms with Gasteiger partial charge in [0, 0.05) is 5.92 Å². The van der Waals surface area contributed by atoms with Crippen LogP contribution >= 0.6 is 0 Å². The zero-order chi connectivity index (χ0) is 13.3. The lowest BCUT2D eigenvalue weighted by Crippen LogP contribution is -2.43. The highest BCUT2D eigenvalue weighted by Crippen LogP contribution is 2.36. The lowest BCUT2D eigenvalue weighted by atomic mass is 9.82. The fourth-order valence-electron chi connectivity index (χ4n) is 3.53. The summed E-state index contributed by atoms with van der Waals surface area (Å²) in [5.74, 6) is 3.04. The minimum atomic E-state index is -0.107. The minimum absolute atomic E-state index is 0.107. The van der Waals surface area contributed by atoms with Crippen LogP contribution in [0.4, 0.5) is 0 Å². The van der Waals surface area contributed by atoms with E-state index in [1.165, 1.54) is 38.5 Å². The summed E-state index contributed by atoms with van der Waals surface area (Å²) in [5, 5.41) is 7.81. The molecule has 3 atom stereocenters. The molecule has 0 bridgehead atoms. The van der Waals surface area contributed by atoms with E-state index in [9.17, 15) is 0 Å². The Morgan fingerprint density at radius 2 is 2.16 bits per heavy atom. The van der Waals surface area contributed by atoms with Gasteiger partial charge in [-0.3, -0.25) is 0 Å². The van der Waals surface area contributed by atoms with Crippen LogP contribution in [0.3, 0.4) is 0 Å². The number of rotatable bonds is 2. The van der Waals surface area contributed by atoms with Crippen LogP contribution in [0.2, 0.25) is 0 Å². The third-order valence-electron chi connectivity index (χ3n) is 4.83. The Morgan fingerprint density at radius 3 is 2.89 bits per heavy atom. The summed E-state index contributed by atoms with van der Waals surface area (Å²) < 4.78 is 5.57. The van der Waals surface area contributed by atoms with Crippen LogP contribution in [0.25, 0.3) is 0 Å². The van der Waals surface area contributed by atoms with Gasteiger partial charge in [0.2, 0.25) is 5.89 Å². The molecule has 2 heterocycles. The fraction of sp³-hybridized carbons (Fsp3) is 0.867. The molecule has 1 N–H and O–H groups in total. The molecule has 1 aliphatic carbocycles. The number of nitrogens with one attached hydrogen (secondary N) is 1. The average molecular weight is 263 g/mol. The zero-order valence-electron chi connectivity index (χ0n) is 12.1. The van der Waals surface area contributed by atoms with Gasteiger partial charge in [-0.1, -0.05) is 24.9 Å². The smallest absolute Gasteiger partial charge is 0.246 e. The molecule has 0 amide bonds. The Hall–Kier alpha value is -0.900. The first-order chi connectivity index (χ1) is 9.17. The van der Waals surface area contributed by atoms with Gasteiger partial charge in [0.25, 0.3) is 0 Å². The molecular formula is C15H25N3O. The molecule has 106 valence electrons. The summed E-state index contributed by atoms with van der Waals surface area (Å²) in [6.45, 7) is 5.57. The third-order valence-corrected chi connectivity index (χ3v) is 4.83. The normalized spacial score (nSPS) is 36.3. The maximum Gasteiger partial charge on any atom is 0.246 e. The summed E-state index contributed by atoms with van der Waals surface area (Å²) in [5.41, 5.74) is -0.107. The molecule has 4 nitrogen and oxygen atoms in total.